The molecule has 1 atom stereocenters. The van der Waals surface area contributed by atoms with E-state index in [1.54, 1.807) is 0 Å². The summed E-state index contributed by atoms with van der Waals surface area (Å²) in [4.78, 5) is 0. The number of ether oxygens (including phenoxy) is 1. The van der Waals surface area contributed by atoms with Gasteiger partial charge in [0.1, 0.15) is 0 Å². The second kappa shape index (κ2) is 5.89. The smallest absolute Gasteiger partial charge is 0.164 e. The fourth-order valence-corrected chi connectivity index (χ4v) is 1.39. The molecule has 0 heterocycles. The Morgan fingerprint density at radius 3 is 2.62 bits per heavy atom. The third-order valence-electron chi connectivity index (χ3n) is 2.37. The molecule has 0 fully saturated rings. The Hall–Kier alpha value is -1.04. The largest absolute Gasteiger partial charge is 0.380 e. The SMILES string of the molecule is CCOCC(NN)c1ccc(C)c(F)c1F. The molecule has 16 heavy (non-hydrogen) atoms. The lowest BCUT2D eigenvalue weighted by Crippen LogP contribution is -2.32. The van der Waals surface area contributed by atoms with Gasteiger partial charge in [0, 0.05) is 12.2 Å². The molecule has 0 aliphatic heterocycles. The molecule has 1 aromatic rings. The van der Waals surface area contributed by atoms with E-state index >= 15 is 0 Å². The van der Waals surface area contributed by atoms with Crippen molar-refractivity contribution in [3.8, 4) is 0 Å². The fraction of sp³-hybridized carbons (Fsp3) is 0.455. The molecule has 5 heteroatoms. The zero-order valence-electron chi connectivity index (χ0n) is 9.39. The summed E-state index contributed by atoms with van der Waals surface area (Å²) in [5.41, 5.74) is 2.86. The van der Waals surface area contributed by atoms with Crippen molar-refractivity contribution in [3.63, 3.8) is 0 Å². The van der Waals surface area contributed by atoms with Crippen LogP contribution in [0, 0.1) is 18.6 Å². The van der Waals surface area contributed by atoms with E-state index in [-0.39, 0.29) is 17.7 Å². The highest BCUT2D eigenvalue weighted by Gasteiger charge is 2.18. The minimum Gasteiger partial charge on any atom is -0.380 e. The maximum atomic E-state index is 13.6. The Labute approximate surface area is 93.6 Å². The van der Waals surface area contributed by atoms with Crippen molar-refractivity contribution in [1.82, 2.24) is 5.43 Å². The summed E-state index contributed by atoms with van der Waals surface area (Å²) in [5, 5.41) is 0. The second-order valence-corrected chi connectivity index (χ2v) is 3.48. The van der Waals surface area contributed by atoms with Gasteiger partial charge in [-0.05, 0) is 19.4 Å². The molecule has 0 radical (unpaired) electrons. The molecule has 0 saturated carbocycles. The summed E-state index contributed by atoms with van der Waals surface area (Å²) in [6, 6.07) is 2.48. The van der Waals surface area contributed by atoms with Crippen molar-refractivity contribution < 1.29 is 13.5 Å². The van der Waals surface area contributed by atoms with Crippen LogP contribution in [0.3, 0.4) is 0 Å². The van der Waals surface area contributed by atoms with Crippen LogP contribution in [0.5, 0.6) is 0 Å². The number of hydrogen-bond donors (Lipinski definition) is 2. The van der Waals surface area contributed by atoms with Crippen LogP contribution in [0.15, 0.2) is 12.1 Å². The lowest BCUT2D eigenvalue weighted by Gasteiger charge is -2.17. The Morgan fingerprint density at radius 2 is 2.06 bits per heavy atom. The fourth-order valence-electron chi connectivity index (χ4n) is 1.39. The molecule has 3 N–H and O–H groups in total. The molecule has 0 saturated heterocycles. The van der Waals surface area contributed by atoms with Crippen molar-refractivity contribution in [3.05, 3.63) is 34.9 Å². The van der Waals surface area contributed by atoms with Gasteiger partial charge in [0.15, 0.2) is 11.6 Å². The Kier molecular flexibility index (Phi) is 4.79. The maximum Gasteiger partial charge on any atom is 0.164 e. The van der Waals surface area contributed by atoms with E-state index in [1.807, 2.05) is 6.92 Å². The number of hydrogen-bond acceptors (Lipinski definition) is 3. The summed E-state index contributed by atoms with van der Waals surface area (Å²) in [6.45, 7) is 4.02. The third kappa shape index (κ3) is 2.75. The van der Waals surface area contributed by atoms with Gasteiger partial charge in [-0.2, -0.15) is 0 Å². The number of rotatable bonds is 5. The molecule has 1 rings (SSSR count). The molecular weight excluding hydrogens is 214 g/mol. The quantitative estimate of drug-likeness (QED) is 0.599. The van der Waals surface area contributed by atoms with Gasteiger partial charge >= 0.3 is 0 Å². The highest BCUT2D eigenvalue weighted by atomic mass is 19.2. The first-order valence-corrected chi connectivity index (χ1v) is 5.10. The van der Waals surface area contributed by atoms with E-state index in [9.17, 15) is 8.78 Å². The van der Waals surface area contributed by atoms with Crippen LogP contribution >= 0.6 is 0 Å². The number of aryl methyl sites for hydroxylation is 1. The van der Waals surface area contributed by atoms with Gasteiger partial charge in [0.25, 0.3) is 0 Å². The van der Waals surface area contributed by atoms with Gasteiger partial charge in [0.2, 0.25) is 0 Å². The predicted molar refractivity (Wildman–Crippen MR) is 57.7 cm³/mol. The molecule has 0 bridgehead atoms. The van der Waals surface area contributed by atoms with Gasteiger partial charge in [0.05, 0.1) is 12.6 Å². The molecular formula is C11H16F2N2O. The van der Waals surface area contributed by atoms with E-state index in [0.717, 1.165) is 0 Å². The van der Waals surface area contributed by atoms with Crippen molar-refractivity contribution >= 4 is 0 Å². The molecule has 0 amide bonds. The highest BCUT2D eigenvalue weighted by molar-refractivity contribution is 5.27. The van der Waals surface area contributed by atoms with Crippen LogP contribution < -0.4 is 11.3 Å². The number of nitrogens with one attached hydrogen (secondary N) is 1. The lowest BCUT2D eigenvalue weighted by molar-refractivity contribution is 0.122. The number of hydrazine groups is 1. The van der Waals surface area contributed by atoms with E-state index in [0.29, 0.717) is 6.61 Å². The van der Waals surface area contributed by atoms with Crippen LogP contribution in [0.25, 0.3) is 0 Å². The monoisotopic (exact) mass is 230 g/mol. The van der Waals surface area contributed by atoms with Crippen LogP contribution in [0.4, 0.5) is 8.78 Å². The zero-order chi connectivity index (χ0) is 12.1. The zero-order valence-corrected chi connectivity index (χ0v) is 9.39. The second-order valence-electron chi connectivity index (χ2n) is 3.48. The number of nitrogens with two attached hydrogens (primary N) is 1. The predicted octanol–water partition coefficient (Wildman–Crippen LogP) is 1.81. The van der Waals surface area contributed by atoms with Gasteiger partial charge < -0.3 is 4.74 Å². The molecule has 0 aromatic heterocycles. The summed E-state index contributed by atoms with van der Waals surface area (Å²) in [6.07, 6.45) is 0. The minimum absolute atomic E-state index is 0.180. The summed E-state index contributed by atoms with van der Waals surface area (Å²) >= 11 is 0. The summed E-state index contributed by atoms with van der Waals surface area (Å²) < 4.78 is 32.1. The van der Waals surface area contributed by atoms with E-state index in [2.05, 4.69) is 5.43 Å². The van der Waals surface area contributed by atoms with Gasteiger partial charge in [-0.25, -0.2) is 8.78 Å². The molecule has 3 nitrogen and oxygen atoms in total. The Morgan fingerprint density at radius 1 is 1.38 bits per heavy atom. The summed E-state index contributed by atoms with van der Waals surface area (Å²) in [5.74, 6) is 3.57. The molecule has 1 unspecified atom stereocenters. The van der Waals surface area contributed by atoms with Gasteiger partial charge in [-0.15, -0.1) is 0 Å². The molecule has 1 aromatic carbocycles. The van der Waals surface area contributed by atoms with Crippen LogP contribution in [-0.4, -0.2) is 13.2 Å². The first-order chi connectivity index (χ1) is 7.61. The van der Waals surface area contributed by atoms with E-state index in [1.165, 1.54) is 19.1 Å². The molecule has 90 valence electrons. The van der Waals surface area contributed by atoms with E-state index in [4.69, 9.17) is 10.6 Å². The van der Waals surface area contributed by atoms with Gasteiger partial charge in [-0.1, -0.05) is 12.1 Å². The first-order valence-electron chi connectivity index (χ1n) is 5.10. The van der Waals surface area contributed by atoms with Crippen LogP contribution in [-0.2, 0) is 4.74 Å². The van der Waals surface area contributed by atoms with Gasteiger partial charge in [-0.3, -0.25) is 11.3 Å². The van der Waals surface area contributed by atoms with Crippen LogP contribution in [0.1, 0.15) is 24.1 Å². The van der Waals surface area contributed by atoms with Crippen LogP contribution in [0.2, 0.25) is 0 Å². The highest BCUT2D eigenvalue weighted by Crippen LogP contribution is 2.21. The number of benzene rings is 1. The van der Waals surface area contributed by atoms with Crippen molar-refractivity contribution in [1.29, 1.82) is 0 Å². The average Bonchev–Trinajstić information content (AvgIpc) is 2.29. The molecule has 0 aliphatic carbocycles. The van der Waals surface area contributed by atoms with Crippen molar-refractivity contribution in [2.45, 2.75) is 19.9 Å². The first kappa shape index (κ1) is 13.0. The standard InChI is InChI=1S/C11H16F2N2O/c1-3-16-6-9(15-14)8-5-4-7(2)10(12)11(8)13/h4-5,9,15H,3,6,14H2,1-2H3. The Balaban J connectivity index is 2.96. The lowest BCUT2D eigenvalue weighted by atomic mass is 10.0. The molecule has 0 spiro atoms. The third-order valence-corrected chi connectivity index (χ3v) is 2.37. The average molecular weight is 230 g/mol. The minimum atomic E-state index is -0.873. The summed E-state index contributed by atoms with van der Waals surface area (Å²) in [7, 11) is 0. The van der Waals surface area contributed by atoms with Crippen molar-refractivity contribution in [2.75, 3.05) is 13.2 Å². The van der Waals surface area contributed by atoms with Crippen molar-refractivity contribution in [2.24, 2.45) is 5.84 Å². The number of halogens is 2. The normalized spacial score (nSPS) is 12.8. The maximum absolute atomic E-state index is 13.6. The molecule has 0 aliphatic rings. The van der Waals surface area contributed by atoms with E-state index < -0.39 is 17.7 Å². The Bertz CT molecular complexity index is 358. The topological polar surface area (TPSA) is 47.3 Å².